The second kappa shape index (κ2) is 28.2. The molecule has 0 saturated carbocycles. The second-order valence-corrected chi connectivity index (χ2v) is 27.0. The van der Waals surface area contributed by atoms with Crippen LogP contribution in [0.1, 0.15) is 55.6 Å². The Labute approximate surface area is 627 Å². The summed E-state index contributed by atoms with van der Waals surface area (Å²) in [5.74, 6) is 3.73. The Morgan fingerprint density at radius 3 is 0.741 bits per heavy atom. The number of aromatic nitrogens is 6. The molecule has 0 bridgehead atoms. The number of fused-ring (bicyclic) bond motifs is 6. The molecule has 0 amide bonds. The molecule has 0 atom stereocenters. The van der Waals surface area contributed by atoms with Crippen LogP contribution in [0.15, 0.2) is 388 Å². The van der Waals surface area contributed by atoms with E-state index in [1.165, 1.54) is 22.3 Å². The lowest BCUT2D eigenvalue weighted by Crippen LogP contribution is -2.28. The molecule has 15 aromatic carbocycles. The minimum atomic E-state index is -0.588. The van der Waals surface area contributed by atoms with Crippen LogP contribution >= 0.6 is 0 Å². The van der Waals surface area contributed by atoms with Crippen molar-refractivity contribution in [1.29, 1.82) is 10.5 Å². The molecule has 0 spiro atoms. The summed E-state index contributed by atoms with van der Waals surface area (Å²) in [6.45, 7) is 0. The highest BCUT2D eigenvalue weighted by Crippen LogP contribution is 2.59. The summed E-state index contributed by atoms with van der Waals surface area (Å²) in [7, 11) is 0. The average molecular weight is 1380 g/mol. The molecule has 0 radical (unpaired) electrons. The van der Waals surface area contributed by atoms with Crippen molar-refractivity contribution in [3.05, 3.63) is 444 Å². The lowest BCUT2D eigenvalue weighted by molar-refractivity contribution is 0.768. The molecular formula is C100H64N8. The fourth-order valence-electron chi connectivity index (χ4n) is 15.9. The van der Waals surface area contributed by atoms with Crippen LogP contribution in [0.5, 0.6) is 0 Å². The highest BCUT2D eigenvalue weighted by molar-refractivity contribution is 5.92. The number of nitrogens with zero attached hydrogens (tertiary/aromatic N) is 8. The Morgan fingerprint density at radius 1 is 0.176 bits per heavy atom. The average Bonchev–Trinajstić information content (AvgIpc) is 1.54. The van der Waals surface area contributed by atoms with E-state index in [0.717, 1.165) is 111 Å². The molecule has 8 heteroatoms. The number of benzene rings is 15. The van der Waals surface area contributed by atoms with Gasteiger partial charge in [-0.1, -0.05) is 340 Å². The lowest BCUT2D eigenvalue weighted by atomic mass is 9.67. The monoisotopic (exact) mass is 1380 g/mol. The van der Waals surface area contributed by atoms with Crippen molar-refractivity contribution in [1.82, 2.24) is 29.9 Å². The predicted molar refractivity (Wildman–Crippen MR) is 433 cm³/mol. The summed E-state index contributed by atoms with van der Waals surface area (Å²) >= 11 is 0. The van der Waals surface area contributed by atoms with Crippen LogP contribution < -0.4 is 0 Å². The maximum Gasteiger partial charge on any atom is 0.164 e. The molecule has 2 heterocycles. The highest BCUT2D eigenvalue weighted by atomic mass is 15.0. The van der Waals surface area contributed by atoms with Crippen molar-refractivity contribution < 1.29 is 0 Å². The van der Waals surface area contributed by atoms with Crippen molar-refractivity contribution in [2.24, 2.45) is 0 Å². The fraction of sp³-hybridized carbons (Fsp3) is 0.0200. The minimum absolute atomic E-state index is 0.576. The molecule has 0 N–H and O–H groups in total. The van der Waals surface area contributed by atoms with E-state index in [0.29, 0.717) is 46.1 Å². The maximum atomic E-state index is 10.1. The zero-order chi connectivity index (χ0) is 72.4. The molecule has 0 aliphatic heterocycles. The molecule has 17 aromatic rings. The minimum Gasteiger partial charge on any atom is -0.208 e. The summed E-state index contributed by atoms with van der Waals surface area (Å²) in [6.07, 6.45) is 0. The van der Waals surface area contributed by atoms with Gasteiger partial charge in [0.1, 0.15) is 0 Å². The van der Waals surface area contributed by atoms with Crippen molar-refractivity contribution in [3.8, 4) is 136 Å². The van der Waals surface area contributed by atoms with Gasteiger partial charge in [-0.15, -0.1) is 0 Å². The number of hydrogen-bond donors (Lipinski definition) is 0. The zero-order valence-corrected chi connectivity index (χ0v) is 58.5. The van der Waals surface area contributed by atoms with Gasteiger partial charge in [0.25, 0.3) is 0 Å². The van der Waals surface area contributed by atoms with E-state index >= 15 is 0 Å². The van der Waals surface area contributed by atoms with E-state index in [1.807, 2.05) is 109 Å². The summed E-state index contributed by atoms with van der Waals surface area (Å²) in [4.78, 5) is 29.9. The van der Waals surface area contributed by atoms with Gasteiger partial charge in [0.2, 0.25) is 0 Å². The van der Waals surface area contributed by atoms with E-state index < -0.39 is 10.8 Å². The Kier molecular flexibility index (Phi) is 17.0. The first-order valence-electron chi connectivity index (χ1n) is 36.1. The first-order chi connectivity index (χ1) is 53.4. The molecule has 0 saturated heterocycles. The van der Waals surface area contributed by atoms with Gasteiger partial charge in [-0.05, 0) is 149 Å². The normalized spacial score (nSPS) is 12.4. The standard InChI is InChI=1S/C53H34N4.C47H30N4/c54-35-36-24-30-46-47-34-42(29-31-48(47)53(49(46)32-36,44-20-9-3-10-21-44)45-22-11-4-12-23-45)41-18-13-19-43(33-41)52-56-50(39-16-7-2-8-17-39)55-51(57-52)40-27-25-38(26-28-40)37-14-5-1-6-15-37;48-31-32-24-26-40-41-30-36(25-27-42(41)47(43(40)28-32,38-20-9-3-10-21-38)39-22-11-4-12-23-39)35-18-13-19-37(29-35)46-50-44(33-14-5-1-6-15-33)49-45(51-46)34-16-7-2-8-17-34/h1-34H;1-30H. The van der Waals surface area contributed by atoms with Crippen LogP contribution in [-0.4, -0.2) is 29.9 Å². The molecule has 0 unspecified atom stereocenters. The number of rotatable bonds is 13. The van der Waals surface area contributed by atoms with Gasteiger partial charge in [-0.25, -0.2) is 29.9 Å². The van der Waals surface area contributed by atoms with Gasteiger partial charge in [-0.3, -0.25) is 0 Å². The summed E-state index contributed by atoms with van der Waals surface area (Å²) in [6, 6.07) is 139. The van der Waals surface area contributed by atoms with E-state index in [2.05, 4.69) is 291 Å². The molecule has 2 aliphatic rings. The van der Waals surface area contributed by atoms with E-state index in [1.54, 1.807) is 0 Å². The van der Waals surface area contributed by atoms with Gasteiger partial charge >= 0.3 is 0 Å². The van der Waals surface area contributed by atoms with E-state index in [4.69, 9.17) is 29.9 Å². The van der Waals surface area contributed by atoms with Crippen LogP contribution in [0.25, 0.3) is 124 Å². The van der Waals surface area contributed by atoms with Crippen LogP contribution in [0.4, 0.5) is 0 Å². The highest BCUT2D eigenvalue weighted by Gasteiger charge is 2.48. The topological polar surface area (TPSA) is 125 Å². The number of hydrogen-bond acceptors (Lipinski definition) is 8. The van der Waals surface area contributed by atoms with Gasteiger partial charge in [0.15, 0.2) is 34.9 Å². The Bertz CT molecular complexity index is 6150. The van der Waals surface area contributed by atoms with Crippen LogP contribution in [0.2, 0.25) is 0 Å². The predicted octanol–water partition coefficient (Wildman–Crippen LogP) is 23.2. The quantitative estimate of drug-likeness (QED) is 0.112. The lowest BCUT2D eigenvalue weighted by Gasteiger charge is -2.34. The molecule has 2 aliphatic carbocycles. The third-order valence-electron chi connectivity index (χ3n) is 20.9. The maximum absolute atomic E-state index is 10.1. The molecule has 0 fully saturated rings. The summed E-state index contributed by atoms with van der Waals surface area (Å²) in [5.41, 5.74) is 26.1. The van der Waals surface area contributed by atoms with Crippen LogP contribution in [0, 0.1) is 22.7 Å². The Balaban J connectivity index is 0.000000153. The van der Waals surface area contributed by atoms with Gasteiger partial charge in [0, 0.05) is 33.4 Å². The third-order valence-corrected chi connectivity index (χ3v) is 20.9. The van der Waals surface area contributed by atoms with Crippen molar-refractivity contribution >= 4 is 0 Å². The van der Waals surface area contributed by atoms with Gasteiger partial charge in [0.05, 0.1) is 34.1 Å². The van der Waals surface area contributed by atoms with E-state index in [-0.39, 0.29) is 0 Å². The fourth-order valence-corrected chi connectivity index (χ4v) is 15.9. The Hall–Kier alpha value is -14.7. The molecule has 108 heavy (non-hydrogen) atoms. The molecular weight excluding hydrogens is 1310 g/mol. The first kappa shape index (κ1) is 65.3. The van der Waals surface area contributed by atoms with Crippen molar-refractivity contribution in [2.45, 2.75) is 10.8 Å². The summed E-state index contributed by atoms with van der Waals surface area (Å²) in [5, 5.41) is 20.1. The SMILES string of the molecule is N#Cc1ccc2c(c1)C(c1ccccc1)(c1ccccc1)c1ccc(-c3cccc(-c4nc(-c5ccccc5)nc(-c5ccc(-c6ccccc6)cc5)n4)c3)cc1-2.N#Cc1ccc2c(c1)C(c1ccccc1)(c1ccccc1)c1ccc(-c3cccc(-c4nc(-c5ccccc5)nc(-c5ccccc5)n4)c3)cc1-2. The molecule has 8 nitrogen and oxygen atoms in total. The van der Waals surface area contributed by atoms with Crippen molar-refractivity contribution in [2.75, 3.05) is 0 Å². The summed E-state index contributed by atoms with van der Waals surface area (Å²) < 4.78 is 0. The van der Waals surface area contributed by atoms with Crippen LogP contribution in [0.3, 0.4) is 0 Å². The molecule has 19 rings (SSSR count). The molecule has 504 valence electrons. The zero-order valence-electron chi connectivity index (χ0n) is 58.5. The second-order valence-electron chi connectivity index (χ2n) is 27.0. The van der Waals surface area contributed by atoms with Crippen LogP contribution in [-0.2, 0) is 10.8 Å². The largest absolute Gasteiger partial charge is 0.208 e. The van der Waals surface area contributed by atoms with Gasteiger partial charge in [-0.2, -0.15) is 10.5 Å². The third kappa shape index (κ3) is 11.8. The number of nitriles is 2. The smallest absolute Gasteiger partial charge is 0.164 e. The van der Waals surface area contributed by atoms with E-state index in [9.17, 15) is 10.5 Å². The van der Waals surface area contributed by atoms with Crippen molar-refractivity contribution in [3.63, 3.8) is 0 Å². The Morgan fingerprint density at radius 2 is 0.417 bits per heavy atom. The van der Waals surface area contributed by atoms with Gasteiger partial charge < -0.3 is 0 Å². The molecule has 2 aromatic heterocycles. The first-order valence-corrected chi connectivity index (χ1v) is 36.1.